The molecular formula is C41H58N6O4. The standard InChI is InChI=1S/C41H58N6O4/c48-36-18-16-34(35-17-19-39(50)44-40(35)36)37(49)27-42-22-9-4-2-1-3-5-10-23-46-24-20-30(21-25-46)28-47-29-43-38(45-47)26-32-14-11-15-33(41(32)51)31-12-7-6-8-13-31/h11,14-19,29-31,37,42,48-49,51H,1-10,12-13,20-28H2,(H,44,50)/t37-/m0/s1. The van der Waals surface area contributed by atoms with Gasteiger partial charge in [-0.1, -0.05) is 75.6 Å². The van der Waals surface area contributed by atoms with Gasteiger partial charge in [-0.05, 0) is 99.8 Å². The van der Waals surface area contributed by atoms with Crippen LogP contribution < -0.4 is 10.9 Å². The van der Waals surface area contributed by atoms with E-state index in [9.17, 15) is 20.1 Å². The maximum Gasteiger partial charge on any atom is 0.248 e. The van der Waals surface area contributed by atoms with Crippen molar-refractivity contribution in [2.45, 2.75) is 115 Å². The first-order chi connectivity index (χ1) is 24.9. The van der Waals surface area contributed by atoms with Crippen LogP contribution in [0.3, 0.4) is 0 Å². The molecule has 2 aromatic carbocycles. The van der Waals surface area contributed by atoms with Gasteiger partial charge >= 0.3 is 0 Å². The lowest BCUT2D eigenvalue weighted by molar-refractivity contribution is 0.168. The zero-order valence-electron chi connectivity index (χ0n) is 30.2. The molecule has 5 N–H and O–H groups in total. The highest BCUT2D eigenvalue weighted by atomic mass is 16.3. The lowest BCUT2D eigenvalue weighted by Crippen LogP contribution is -2.35. The Kier molecular flexibility index (Phi) is 13.6. The Morgan fingerprint density at radius 3 is 2.45 bits per heavy atom. The van der Waals surface area contributed by atoms with Crippen LogP contribution in [0.25, 0.3) is 10.9 Å². The van der Waals surface area contributed by atoms with Crippen LogP contribution in [-0.4, -0.2) is 72.7 Å². The second kappa shape index (κ2) is 18.7. The number of phenols is 2. The monoisotopic (exact) mass is 698 g/mol. The fraction of sp³-hybridized carbons (Fsp3) is 0.585. The van der Waals surface area contributed by atoms with Crippen LogP contribution in [0, 0.1) is 5.92 Å². The highest BCUT2D eigenvalue weighted by Gasteiger charge is 2.22. The largest absolute Gasteiger partial charge is 0.507 e. The molecule has 0 radical (unpaired) electrons. The minimum Gasteiger partial charge on any atom is -0.507 e. The number of piperidine rings is 1. The van der Waals surface area contributed by atoms with Crippen molar-refractivity contribution in [3.63, 3.8) is 0 Å². The van der Waals surface area contributed by atoms with Crippen molar-refractivity contribution >= 4 is 10.9 Å². The summed E-state index contributed by atoms with van der Waals surface area (Å²) in [7, 11) is 0. The second-order valence-electron chi connectivity index (χ2n) is 15.0. The molecule has 3 heterocycles. The van der Waals surface area contributed by atoms with Crippen LogP contribution in [0.15, 0.2) is 53.6 Å². The third-order valence-electron chi connectivity index (χ3n) is 11.2. The molecule has 1 saturated carbocycles. The highest BCUT2D eigenvalue weighted by Crippen LogP contribution is 2.39. The molecule has 2 aromatic heterocycles. The minimum absolute atomic E-state index is 0.00614. The zero-order chi connectivity index (χ0) is 35.4. The third-order valence-corrected chi connectivity index (χ3v) is 11.2. The predicted octanol–water partition coefficient (Wildman–Crippen LogP) is 6.94. The number of aromatic amines is 1. The lowest BCUT2D eigenvalue weighted by Gasteiger charge is -2.31. The van der Waals surface area contributed by atoms with Gasteiger partial charge in [0.1, 0.15) is 17.8 Å². The summed E-state index contributed by atoms with van der Waals surface area (Å²) in [4.78, 5) is 21.5. The van der Waals surface area contributed by atoms with Gasteiger partial charge in [0.05, 0.1) is 11.6 Å². The Labute approximate surface area is 302 Å². The van der Waals surface area contributed by atoms with Gasteiger partial charge in [0.2, 0.25) is 5.56 Å². The highest BCUT2D eigenvalue weighted by molar-refractivity contribution is 5.87. The number of H-pyrrole nitrogens is 1. The first-order valence-corrected chi connectivity index (χ1v) is 19.6. The molecule has 6 rings (SSSR count). The molecule has 1 aliphatic heterocycles. The molecular weight excluding hydrogens is 640 g/mol. The van der Waals surface area contributed by atoms with Crippen LogP contribution in [0.1, 0.15) is 124 Å². The van der Waals surface area contributed by atoms with Crippen LogP contribution in [0.4, 0.5) is 0 Å². The summed E-state index contributed by atoms with van der Waals surface area (Å²) < 4.78 is 2.02. The van der Waals surface area contributed by atoms with Gasteiger partial charge in [-0.15, -0.1) is 0 Å². The quantitative estimate of drug-likeness (QED) is 0.0705. The zero-order valence-corrected chi connectivity index (χ0v) is 30.2. The van der Waals surface area contributed by atoms with Crippen molar-refractivity contribution in [2.24, 2.45) is 5.92 Å². The number of phenolic OH excluding ortho intramolecular Hbond substituents is 2. The average molecular weight is 699 g/mol. The molecule has 0 unspecified atom stereocenters. The minimum atomic E-state index is -0.715. The number of aromatic nitrogens is 4. The van der Waals surface area contributed by atoms with E-state index >= 15 is 0 Å². The number of aromatic hydroxyl groups is 2. The SMILES string of the molecule is O=c1ccc2c([C@@H](O)CNCCCCCCCCCN3CCC(Cn4cnc(Cc5cccc(C6CCCCC6)c5O)n4)CC3)ccc(O)c2[nH]1. The van der Waals surface area contributed by atoms with E-state index in [0.29, 0.717) is 47.0 Å². The number of pyridine rings is 1. The normalized spacial score (nSPS) is 17.0. The number of hydrogen-bond acceptors (Lipinski definition) is 8. The van der Waals surface area contributed by atoms with Crippen LogP contribution in [0.2, 0.25) is 0 Å². The molecule has 4 aromatic rings. The van der Waals surface area contributed by atoms with E-state index in [1.807, 2.05) is 17.1 Å². The molecule has 276 valence electrons. The number of aliphatic hydroxyl groups is 1. The fourth-order valence-corrected chi connectivity index (χ4v) is 8.19. The second-order valence-corrected chi connectivity index (χ2v) is 15.0. The lowest BCUT2D eigenvalue weighted by atomic mass is 9.83. The Balaban J connectivity index is 0.787. The molecule has 0 amide bonds. The van der Waals surface area contributed by atoms with Crippen molar-refractivity contribution < 1.29 is 15.3 Å². The number of para-hydroxylation sites is 1. The summed E-state index contributed by atoms with van der Waals surface area (Å²) in [6.07, 6.45) is 18.9. The number of hydrogen-bond donors (Lipinski definition) is 5. The van der Waals surface area contributed by atoms with Gasteiger partial charge in [0.25, 0.3) is 0 Å². The first-order valence-electron chi connectivity index (χ1n) is 19.6. The van der Waals surface area contributed by atoms with Gasteiger partial charge in [-0.3, -0.25) is 9.48 Å². The molecule has 1 atom stereocenters. The van der Waals surface area contributed by atoms with E-state index in [-0.39, 0.29) is 11.3 Å². The molecule has 0 bridgehead atoms. The van der Waals surface area contributed by atoms with E-state index in [1.54, 1.807) is 12.1 Å². The summed E-state index contributed by atoms with van der Waals surface area (Å²) in [6.45, 7) is 5.74. The van der Waals surface area contributed by atoms with Crippen LogP contribution in [-0.2, 0) is 13.0 Å². The van der Waals surface area contributed by atoms with E-state index in [4.69, 9.17) is 5.10 Å². The predicted molar refractivity (Wildman–Crippen MR) is 202 cm³/mol. The summed E-state index contributed by atoms with van der Waals surface area (Å²) in [5.74, 6) is 2.36. The van der Waals surface area contributed by atoms with Gasteiger partial charge in [0.15, 0.2) is 5.82 Å². The van der Waals surface area contributed by atoms with E-state index < -0.39 is 6.10 Å². The Hall–Kier alpha value is -3.73. The van der Waals surface area contributed by atoms with Crippen molar-refractivity contribution in [3.05, 3.63) is 81.7 Å². The van der Waals surface area contributed by atoms with Crippen molar-refractivity contribution in [1.29, 1.82) is 0 Å². The van der Waals surface area contributed by atoms with E-state index in [1.165, 1.54) is 102 Å². The summed E-state index contributed by atoms with van der Waals surface area (Å²) >= 11 is 0. The average Bonchev–Trinajstić information content (AvgIpc) is 3.59. The maximum atomic E-state index is 11.6. The Bertz CT molecular complexity index is 1720. The van der Waals surface area contributed by atoms with Gasteiger partial charge in [-0.25, -0.2) is 4.98 Å². The van der Waals surface area contributed by atoms with Gasteiger partial charge in [-0.2, -0.15) is 5.10 Å². The molecule has 2 aliphatic rings. The maximum absolute atomic E-state index is 11.6. The molecule has 2 fully saturated rings. The van der Waals surface area contributed by atoms with Crippen molar-refractivity contribution in [2.75, 3.05) is 32.7 Å². The Morgan fingerprint density at radius 2 is 1.65 bits per heavy atom. The topological polar surface area (TPSA) is 140 Å². The molecule has 51 heavy (non-hydrogen) atoms. The first kappa shape index (κ1) is 37.0. The molecule has 1 saturated heterocycles. The number of likely N-dealkylation sites (tertiary alicyclic amines) is 1. The smallest absolute Gasteiger partial charge is 0.248 e. The third kappa shape index (κ3) is 10.4. The van der Waals surface area contributed by atoms with Gasteiger partial charge in [0, 0.05) is 36.5 Å². The Morgan fingerprint density at radius 1 is 0.882 bits per heavy atom. The number of aliphatic hydroxyl groups excluding tert-OH is 1. The molecule has 0 spiro atoms. The number of nitrogens with one attached hydrogen (secondary N) is 2. The van der Waals surface area contributed by atoms with Crippen LogP contribution >= 0.6 is 0 Å². The molecule has 1 aliphatic carbocycles. The number of rotatable bonds is 18. The van der Waals surface area contributed by atoms with Gasteiger partial charge < -0.3 is 30.5 Å². The number of nitrogens with zero attached hydrogens (tertiary/aromatic N) is 4. The molecule has 10 heteroatoms. The molecule has 10 nitrogen and oxygen atoms in total. The summed E-state index contributed by atoms with van der Waals surface area (Å²) in [6, 6.07) is 12.5. The number of benzene rings is 2. The summed E-state index contributed by atoms with van der Waals surface area (Å²) in [5.41, 5.74) is 2.83. The van der Waals surface area contributed by atoms with E-state index in [2.05, 4.69) is 32.3 Å². The fourth-order valence-electron chi connectivity index (χ4n) is 8.19. The number of unbranched alkanes of at least 4 members (excludes halogenated alkanes) is 6. The van der Waals surface area contributed by atoms with Crippen LogP contribution in [0.5, 0.6) is 11.5 Å². The summed E-state index contributed by atoms with van der Waals surface area (Å²) in [5, 5.41) is 40.6. The van der Waals surface area contributed by atoms with Crippen molar-refractivity contribution in [3.8, 4) is 11.5 Å². The van der Waals surface area contributed by atoms with Crippen molar-refractivity contribution in [1.82, 2.24) is 30.0 Å². The number of fused-ring (bicyclic) bond motifs is 1. The van der Waals surface area contributed by atoms with E-state index in [0.717, 1.165) is 49.6 Å².